The van der Waals surface area contributed by atoms with E-state index in [1.54, 1.807) is 0 Å². The van der Waals surface area contributed by atoms with Gasteiger partial charge in [0.2, 0.25) is 0 Å². The number of hydrogen-bond acceptors (Lipinski definition) is 2. The van der Waals surface area contributed by atoms with Crippen molar-refractivity contribution in [3.63, 3.8) is 0 Å². The number of aliphatic hydroxyl groups excluding tert-OH is 1. The molecule has 0 saturated carbocycles. The molecule has 1 atom stereocenters. The minimum atomic E-state index is -0.0664. The van der Waals surface area contributed by atoms with E-state index in [1.807, 2.05) is 6.08 Å². The molecule has 0 aliphatic carbocycles. The van der Waals surface area contributed by atoms with Crippen molar-refractivity contribution >= 4 is 0 Å². The lowest BCUT2D eigenvalue weighted by molar-refractivity contribution is 0.0737. The van der Waals surface area contributed by atoms with Crippen LogP contribution in [-0.4, -0.2) is 35.2 Å². The lowest BCUT2D eigenvalue weighted by Crippen LogP contribution is -2.40. The van der Waals surface area contributed by atoms with Crippen LogP contribution in [0.3, 0.4) is 0 Å². The van der Waals surface area contributed by atoms with Gasteiger partial charge in [-0.25, -0.2) is 0 Å². The van der Waals surface area contributed by atoms with Gasteiger partial charge in [0.05, 0.1) is 6.10 Å². The van der Waals surface area contributed by atoms with Crippen LogP contribution in [0.5, 0.6) is 0 Å². The highest BCUT2D eigenvalue weighted by molar-refractivity contribution is 4.86. The number of hydrogen-bond donors (Lipinski definition) is 1. The van der Waals surface area contributed by atoms with Gasteiger partial charge >= 0.3 is 0 Å². The van der Waals surface area contributed by atoms with Crippen molar-refractivity contribution in [2.24, 2.45) is 0 Å². The van der Waals surface area contributed by atoms with Crippen LogP contribution in [0, 0.1) is 0 Å². The molecule has 1 rings (SSSR count). The van der Waals surface area contributed by atoms with Gasteiger partial charge in [-0.15, -0.1) is 6.58 Å². The lowest BCUT2D eigenvalue weighted by Gasteiger charge is -2.32. The molecule has 1 aliphatic heterocycles. The van der Waals surface area contributed by atoms with Crippen LogP contribution in [0.2, 0.25) is 0 Å². The van der Waals surface area contributed by atoms with Gasteiger partial charge in [0.15, 0.2) is 0 Å². The summed E-state index contributed by atoms with van der Waals surface area (Å²) in [4.78, 5) is 2.35. The predicted octanol–water partition coefficient (Wildman–Crippen LogP) is 1.02. The summed E-state index contributed by atoms with van der Waals surface area (Å²) >= 11 is 0. The standard InChI is InChI=1S/C9H17NO/c1-3-8(2)10-6-4-9(11)5-7-10/h3,8-9,11H,1,4-7H2,2H3. The van der Waals surface area contributed by atoms with E-state index in [4.69, 9.17) is 0 Å². The molecule has 0 aromatic carbocycles. The Hall–Kier alpha value is -0.340. The van der Waals surface area contributed by atoms with E-state index in [1.165, 1.54) is 0 Å². The number of piperidine rings is 1. The molecule has 1 unspecified atom stereocenters. The van der Waals surface area contributed by atoms with Crippen LogP contribution in [0.15, 0.2) is 12.7 Å². The van der Waals surface area contributed by atoms with E-state index >= 15 is 0 Å². The summed E-state index contributed by atoms with van der Waals surface area (Å²) in [5.74, 6) is 0. The zero-order valence-corrected chi connectivity index (χ0v) is 7.16. The molecule has 1 N–H and O–H groups in total. The van der Waals surface area contributed by atoms with Gasteiger partial charge in [0.25, 0.3) is 0 Å². The maximum Gasteiger partial charge on any atom is 0.0564 e. The van der Waals surface area contributed by atoms with Crippen molar-refractivity contribution in [2.45, 2.75) is 31.9 Å². The van der Waals surface area contributed by atoms with Crippen molar-refractivity contribution in [3.05, 3.63) is 12.7 Å². The first-order valence-electron chi connectivity index (χ1n) is 4.28. The maximum absolute atomic E-state index is 9.23. The molecule has 2 nitrogen and oxygen atoms in total. The smallest absolute Gasteiger partial charge is 0.0564 e. The van der Waals surface area contributed by atoms with Crippen LogP contribution in [0.25, 0.3) is 0 Å². The van der Waals surface area contributed by atoms with Crippen LogP contribution in [-0.2, 0) is 0 Å². The molecular weight excluding hydrogens is 138 g/mol. The summed E-state index contributed by atoms with van der Waals surface area (Å²) < 4.78 is 0. The molecular formula is C9H17NO. The third kappa shape index (κ3) is 2.31. The molecule has 0 bridgehead atoms. The molecule has 1 aliphatic rings. The summed E-state index contributed by atoms with van der Waals surface area (Å²) in [6.45, 7) is 7.91. The van der Waals surface area contributed by atoms with Gasteiger partial charge in [-0.2, -0.15) is 0 Å². The third-order valence-corrected chi connectivity index (χ3v) is 2.42. The summed E-state index contributed by atoms with van der Waals surface area (Å²) in [5, 5.41) is 9.23. The molecule has 0 aromatic heterocycles. The SMILES string of the molecule is C=CC(C)N1CCC(O)CC1. The normalized spacial score (nSPS) is 24.9. The first kappa shape index (κ1) is 8.75. The highest BCUT2D eigenvalue weighted by Gasteiger charge is 2.18. The van der Waals surface area contributed by atoms with Gasteiger partial charge in [0.1, 0.15) is 0 Å². The Balaban J connectivity index is 2.32. The lowest BCUT2D eigenvalue weighted by atomic mass is 10.1. The fourth-order valence-electron chi connectivity index (χ4n) is 1.44. The molecule has 2 heteroatoms. The van der Waals surface area contributed by atoms with Crippen LogP contribution >= 0.6 is 0 Å². The number of nitrogens with zero attached hydrogens (tertiary/aromatic N) is 1. The second-order valence-corrected chi connectivity index (χ2v) is 3.24. The second-order valence-electron chi connectivity index (χ2n) is 3.24. The average Bonchev–Trinajstić information content (AvgIpc) is 2.05. The van der Waals surface area contributed by atoms with Crippen molar-refractivity contribution in [1.29, 1.82) is 0 Å². The molecule has 0 radical (unpaired) electrons. The van der Waals surface area contributed by atoms with E-state index in [-0.39, 0.29) is 6.10 Å². The highest BCUT2D eigenvalue weighted by Crippen LogP contribution is 2.12. The first-order valence-corrected chi connectivity index (χ1v) is 4.28. The monoisotopic (exact) mass is 155 g/mol. The third-order valence-electron chi connectivity index (χ3n) is 2.42. The second kappa shape index (κ2) is 3.88. The summed E-state index contributed by atoms with van der Waals surface area (Å²) in [5.41, 5.74) is 0. The van der Waals surface area contributed by atoms with Crippen molar-refractivity contribution < 1.29 is 5.11 Å². The number of rotatable bonds is 2. The van der Waals surface area contributed by atoms with Crippen molar-refractivity contribution in [1.82, 2.24) is 4.90 Å². The van der Waals surface area contributed by atoms with Crippen molar-refractivity contribution in [3.8, 4) is 0 Å². The number of likely N-dealkylation sites (tertiary alicyclic amines) is 1. The van der Waals surface area contributed by atoms with Crippen LogP contribution < -0.4 is 0 Å². The minimum absolute atomic E-state index is 0.0664. The molecule has 0 amide bonds. The quantitative estimate of drug-likeness (QED) is 0.602. The molecule has 0 spiro atoms. The van der Waals surface area contributed by atoms with E-state index in [0.717, 1.165) is 25.9 Å². The molecule has 11 heavy (non-hydrogen) atoms. The van der Waals surface area contributed by atoms with E-state index in [0.29, 0.717) is 6.04 Å². The Morgan fingerprint density at radius 2 is 2.09 bits per heavy atom. The van der Waals surface area contributed by atoms with Gasteiger partial charge in [-0.05, 0) is 19.8 Å². The molecule has 1 saturated heterocycles. The topological polar surface area (TPSA) is 23.5 Å². The zero-order valence-electron chi connectivity index (χ0n) is 7.16. The van der Waals surface area contributed by atoms with Gasteiger partial charge in [0, 0.05) is 19.1 Å². The summed E-state index contributed by atoms with van der Waals surface area (Å²) in [6, 6.07) is 0.461. The molecule has 1 fully saturated rings. The Bertz CT molecular complexity index is 128. The fourth-order valence-corrected chi connectivity index (χ4v) is 1.44. The van der Waals surface area contributed by atoms with Gasteiger partial charge < -0.3 is 5.11 Å². The fraction of sp³-hybridized carbons (Fsp3) is 0.778. The first-order chi connectivity index (χ1) is 5.24. The highest BCUT2D eigenvalue weighted by atomic mass is 16.3. The van der Waals surface area contributed by atoms with E-state index in [2.05, 4.69) is 18.4 Å². The molecule has 0 aromatic rings. The Labute approximate surface area is 68.5 Å². The van der Waals surface area contributed by atoms with E-state index < -0.39 is 0 Å². The Morgan fingerprint density at radius 3 is 2.55 bits per heavy atom. The maximum atomic E-state index is 9.23. The Morgan fingerprint density at radius 1 is 1.55 bits per heavy atom. The van der Waals surface area contributed by atoms with Crippen LogP contribution in [0.4, 0.5) is 0 Å². The average molecular weight is 155 g/mol. The minimum Gasteiger partial charge on any atom is -0.393 e. The summed E-state index contributed by atoms with van der Waals surface area (Å²) in [6.07, 6.45) is 3.72. The number of aliphatic hydroxyl groups is 1. The largest absolute Gasteiger partial charge is 0.393 e. The van der Waals surface area contributed by atoms with Crippen molar-refractivity contribution in [2.75, 3.05) is 13.1 Å². The Kier molecular flexibility index (Phi) is 3.09. The zero-order chi connectivity index (χ0) is 8.27. The van der Waals surface area contributed by atoms with Crippen LogP contribution in [0.1, 0.15) is 19.8 Å². The molecule has 64 valence electrons. The molecule has 1 heterocycles. The summed E-state index contributed by atoms with van der Waals surface area (Å²) in [7, 11) is 0. The van der Waals surface area contributed by atoms with E-state index in [9.17, 15) is 5.11 Å². The van der Waals surface area contributed by atoms with Gasteiger partial charge in [-0.3, -0.25) is 4.90 Å². The predicted molar refractivity (Wildman–Crippen MR) is 46.5 cm³/mol. The van der Waals surface area contributed by atoms with Gasteiger partial charge in [-0.1, -0.05) is 6.08 Å².